The van der Waals surface area contributed by atoms with Crippen LogP contribution in [-0.4, -0.2) is 48.8 Å². The minimum atomic E-state index is -0.555. The van der Waals surface area contributed by atoms with E-state index in [0.717, 1.165) is 16.7 Å². The van der Waals surface area contributed by atoms with Gasteiger partial charge < -0.3 is 14.5 Å². The zero-order valence-electron chi connectivity index (χ0n) is 15.0. The Labute approximate surface area is 157 Å². The number of amides is 2. The van der Waals surface area contributed by atoms with Crippen molar-refractivity contribution in [1.82, 2.24) is 9.80 Å². The summed E-state index contributed by atoms with van der Waals surface area (Å²) in [5.41, 5.74) is 2.34. The smallest absolute Gasteiger partial charge is 0.255 e. The van der Waals surface area contributed by atoms with Gasteiger partial charge in [-0.3, -0.25) is 9.59 Å². The Bertz CT molecular complexity index is 823. The molecule has 2 amide bonds. The Morgan fingerprint density at radius 2 is 1.92 bits per heavy atom. The van der Waals surface area contributed by atoms with Gasteiger partial charge in [0.05, 0.1) is 11.2 Å². The minimum absolute atomic E-state index is 0.0360. The van der Waals surface area contributed by atoms with Crippen molar-refractivity contribution in [2.75, 3.05) is 27.2 Å². The number of thiophene rings is 1. The third-order valence-corrected chi connectivity index (χ3v) is 6.05. The van der Waals surface area contributed by atoms with Crippen molar-refractivity contribution in [3.8, 4) is 0 Å². The molecule has 4 rings (SSSR count). The van der Waals surface area contributed by atoms with Crippen LogP contribution in [0, 0.1) is 0 Å². The molecule has 1 fully saturated rings. The van der Waals surface area contributed by atoms with Crippen molar-refractivity contribution in [3.05, 3.63) is 57.8 Å². The molecule has 0 radical (unpaired) electrons. The molecule has 2 aromatic rings. The molecule has 2 aliphatic heterocycles. The summed E-state index contributed by atoms with van der Waals surface area (Å²) in [6.07, 6.45) is 0.856. The van der Waals surface area contributed by atoms with Gasteiger partial charge in [0.25, 0.3) is 11.8 Å². The summed E-state index contributed by atoms with van der Waals surface area (Å²) in [6.45, 7) is 1.26. The van der Waals surface area contributed by atoms with Crippen LogP contribution in [0.4, 0.5) is 0 Å². The first kappa shape index (κ1) is 17.2. The van der Waals surface area contributed by atoms with Crippen LogP contribution in [0.25, 0.3) is 0 Å². The Morgan fingerprint density at radius 3 is 2.58 bits per heavy atom. The maximum absolute atomic E-state index is 12.6. The Morgan fingerprint density at radius 1 is 1.19 bits per heavy atom. The van der Waals surface area contributed by atoms with Gasteiger partial charge >= 0.3 is 0 Å². The second-order valence-corrected chi connectivity index (χ2v) is 7.90. The van der Waals surface area contributed by atoms with E-state index in [1.54, 1.807) is 19.0 Å². The summed E-state index contributed by atoms with van der Waals surface area (Å²) >= 11 is 1.53. The molecule has 1 aromatic heterocycles. The largest absolute Gasteiger partial charge is 0.352 e. The van der Waals surface area contributed by atoms with E-state index in [1.807, 2.05) is 39.9 Å². The Hall–Kier alpha value is -2.18. The lowest BCUT2D eigenvalue weighted by molar-refractivity contribution is -0.157. The van der Waals surface area contributed by atoms with Gasteiger partial charge in [-0.25, -0.2) is 0 Å². The molecule has 1 atom stereocenters. The van der Waals surface area contributed by atoms with E-state index in [9.17, 15) is 9.59 Å². The molecule has 0 aliphatic carbocycles. The average molecular weight is 370 g/mol. The van der Waals surface area contributed by atoms with E-state index in [-0.39, 0.29) is 11.8 Å². The molecule has 0 unspecified atom stereocenters. The van der Waals surface area contributed by atoms with Gasteiger partial charge in [0.15, 0.2) is 6.10 Å². The number of benzene rings is 1. The highest BCUT2D eigenvalue weighted by Gasteiger charge is 2.49. The van der Waals surface area contributed by atoms with Gasteiger partial charge in [-0.15, -0.1) is 0 Å². The van der Waals surface area contributed by atoms with Gasteiger partial charge in [0.2, 0.25) is 0 Å². The van der Waals surface area contributed by atoms with E-state index in [1.165, 1.54) is 11.3 Å². The van der Waals surface area contributed by atoms with Crippen LogP contribution in [0.2, 0.25) is 0 Å². The summed E-state index contributed by atoms with van der Waals surface area (Å²) in [5.74, 6) is 0.0411. The maximum atomic E-state index is 12.6. The molecule has 3 heterocycles. The Kier molecular flexibility index (Phi) is 4.32. The van der Waals surface area contributed by atoms with E-state index >= 15 is 0 Å². The van der Waals surface area contributed by atoms with E-state index < -0.39 is 11.7 Å². The highest BCUT2D eigenvalue weighted by Crippen LogP contribution is 2.49. The van der Waals surface area contributed by atoms with Crippen molar-refractivity contribution in [3.63, 3.8) is 0 Å². The molecular weight excluding hydrogens is 348 g/mol. The van der Waals surface area contributed by atoms with Crippen molar-refractivity contribution in [2.24, 2.45) is 0 Å². The molecule has 1 spiro atoms. The minimum Gasteiger partial charge on any atom is -0.352 e. The lowest BCUT2D eigenvalue weighted by Gasteiger charge is -2.39. The maximum Gasteiger partial charge on any atom is 0.255 e. The van der Waals surface area contributed by atoms with Crippen molar-refractivity contribution < 1.29 is 14.3 Å². The number of hydrogen-bond donors (Lipinski definition) is 0. The molecule has 0 bridgehead atoms. The summed E-state index contributed by atoms with van der Waals surface area (Å²) in [4.78, 5) is 28.7. The first-order valence-electron chi connectivity index (χ1n) is 8.82. The number of carbonyl (C=O) groups excluding carboxylic acids is 2. The number of likely N-dealkylation sites (N-methyl/N-ethyl adjacent to an activating group) is 1. The SMILES string of the molecule is CN(C)C(=O)[C@@H]1OC2(CCN(C(=O)c3ccsc3)CC2)c2ccccc21. The number of likely N-dealkylation sites (tertiary alicyclic amines) is 1. The molecule has 0 N–H and O–H groups in total. The predicted octanol–water partition coefficient (Wildman–Crippen LogP) is 3.04. The van der Waals surface area contributed by atoms with Gasteiger partial charge in [0, 0.05) is 32.6 Å². The van der Waals surface area contributed by atoms with E-state index in [2.05, 4.69) is 6.07 Å². The number of ether oxygens (including phenoxy) is 1. The number of fused-ring (bicyclic) bond motifs is 2. The molecule has 136 valence electrons. The third kappa shape index (κ3) is 2.73. The third-order valence-electron chi connectivity index (χ3n) is 5.37. The summed E-state index contributed by atoms with van der Waals surface area (Å²) in [6, 6.07) is 9.86. The number of rotatable bonds is 2. The highest BCUT2D eigenvalue weighted by molar-refractivity contribution is 7.08. The first-order valence-corrected chi connectivity index (χ1v) is 9.76. The van der Waals surface area contributed by atoms with Gasteiger partial charge in [-0.1, -0.05) is 24.3 Å². The van der Waals surface area contributed by atoms with Crippen LogP contribution in [0.15, 0.2) is 41.1 Å². The topological polar surface area (TPSA) is 49.9 Å². The van der Waals surface area contributed by atoms with Crippen LogP contribution < -0.4 is 0 Å². The van der Waals surface area contributed by atoms with E-state index in [4.69, 9.17) is 4.74 Å². The van der Waals surface area contributed by atoms with Gasteiger partial charge in [-0.2, -0.15) is 11.3 Å². The predicted molar refractivity (Wildman–Crippen MR) is 100 cm³/mol. The lowest BCUT2D eigenvalue weighted by Crippen LogP contribution is -2.45. The van der Waals surface area contributed by atoms with Crippen LogP contribution in [-0.2, 0) is 15.1 Å². The summed E-state index contributed by atoms with van der Waals surface area (Å²) < 4.78 is 6.38. The fourth-order valence-corrected chi connectivity index (χ4v) is 4.57. The second-order valence-electron chi connectivity index (χ2n) is 7.12. The molecule has 26 heavy (non-hydrogen) atoms. The fourth-order valence-electron chi connectivity index (χ4n) is 3.94. The molecule has 6 heteroatoms. The van der Waals surface area contributed by atoms with Crippen molar-refractivity contribution in [2.45, 2.75) is 24.5 Å². The average Bonchev–Trinajstić information content (AvgIpc) is 3.29. The van der Waals surface area contributed by atoms with Crippen LogP contribution in [0.5, 0.6) is 0 Å². The second kappa shape index (κ2) is 6.52. The molecule has 5 nitrogen and oxygen atoms in total. The van der Waals surface area contributed by atoms with Crippen molar-refractivity contribution >= 4 is 23.2 Å². The number of hydrogen-bond acceptors (Lipinski definition) is 4. The van der Waals surface area contributed by atoms with Crippen LogP contribution in [0.3, 0.4) is 0 Å². The highest BCUT2D eigenvalue weighted by atomic mass is 32.1. The number of piperidine rings is 1. The molecule has 2 aliphatic rings. The zero-order chi connectivity index (χ0) is 18.3. The summed E-state index contributed by atoms with van der Waals surface area (Å²) in [5, 5.41) is 3.81. The lowest BCUT2D eigenvalue weighted by atomic mass is 9.83. The molecular formula is C20H22N2O3S. The van der Waals surface area contributed by atoms with Crippen molar-refractivity contribution in [1.29, 1.82) is 0 Å². The molecule has 0 saturated carbocycles. The van der Waals surface area contributed by atoms with E-state index in [0.29, 0.717) is 25.9 Å². The van der Waals surface area contributed by atoms with Crippen LogP contribution in [0.1, 0.15) is 40.4 Å². The number of carbonyl (C=O) groups is 2. The summed E-state index contributed by atoms with van der Waals surface area (Å²) in [7, 11) is 3.50. The normalized spacial score (nSPS) is 20.8. The van der Waals surface area contributed by atoms with Gasteiger partial charge in [-0.05, 0) is 35.4 Å². The quantitative estimate of drug-likeness (QED) is 0.816. The number of nitrogens with zero attached hydrogens (tertiary/aromatic N) is 2. The van der Waals surface area contributed by atoms with Gasteiger partial charge in [0.1, 0.15) is 0 Å². The Balaban J connectivity index is 1.57. The molecule has 1 aromatic carbocycles. The zero-order valence-corrected chi connectivity index (χ0v) is 15.8. The standard InChI is InChI=1S/C20H22N2O3S/c1-21(2)19(24)17-15-5-3-4-6-16(15)20(25-17)8-10-22(11-9-20)18(23)14-7-12-26-13-14/h3-7,12-13,17H,8-11H2,1-2H3/t17-/m1/s1. The van der Waals surface area contributed by atoms with Crippen LogP contribution >= 0.6 is 11.3 Å². The monoisotopic (exact) mass is 370 g/mol. The first-order chi connectivity index (χ1) is 12.5. The fraction of sp³-hybridized carbons (Fsp3) is 0.400. The molecule has 1 saturated heterocycles.